The maximum absolute atomic E-state index is 11.4. The van der Waals surface area contributed by atoms with Crippen LogP contribution >= 0.6 is 0 Å². The molecule has 0 aliphatic rings. The molecule has 0 aliphatic carbocycles. The second kappa shape index (κ2) is 6.18. The molecule has 6 nitrogen and oxygen atoms in total. The van der Waals surface area contributed by atoms with E-state index in [4.69, 9.17) is 10.3 Å². The molecule has 1 heterocycles. The third kappa shape index (κ3) is 4.66. The first-order valence-electron chi connectivity index (χ1n) is 6.31. The van der Waals surface area contributed by atoms with Crippen molar-refractivity contribution in [1.29, 1.82) is 0 Å². The fourth-order valence-electron chi connectivity index (χ4n) is 1.93. The molecule has 0 bridgehead atoms. The highest BCUT2D eigenvalue weighted by molar-refractivity contribution is 5.91. The summed E-state index contributed by atoms with van der Waals surface area (Å²) in [7, 11) is 0. The lowest BCUT2D eigenvalue weighted by atomic mass is 10.1. The smallest absolute Gasteiger partial charge is 0.300 e. The van der Waals surface area contributed by atoms with Gasteiger partial charge in [-0.25, -0.2) is 5.84 Å². The van der Waals surface area contributed by atoms with Crippen LogP contribution in [0.25, 0.3) is 0 Å². The van der Waals surface area contributed by atoms with E-state index in [9.17, 15) is 9.90 Å². The molecular weight excluding hydrogens is 246 g/mol. The molecule has 0 spiro atoms. The summed E-state index contributed by atoms with van der Waals surface area (Å²) in [5.41, 5.74) is 2.20. The summed E-state index contributed by atoms with van der Waals surface area (Å²) in [5.74, 6) is 5.52. The highest BCUT2D eigenvalue weighted by Gasteiger charge is 2.20. The summed E-state index contributed by atoms with van der Waals surface area (Å²) in [5, 5.41) is 9.85. The largest absolute Gasteiger partial charge is 0.456 e. The average molecular weight is 269 g/mol. The number of nitrogen functional groups attached to an aromatic ring is 1. The Morgan fingerprint density at radius 3 is 2.68 bits per heavy atom. The van der Waals surface area contributed by atoms with Crippen LogP contribution in [0.2, 0.25) is 0 Å². The van der Waals surface area contributed by atoms with Crippen LogP contribution in [0.1, 0.15) is 42.6 Å². The minimum Gasteiger partial charge on any atom is -0.456 e. The van der Waals surface area contributed by atoms with Gasteiger partial charge < -0.3 is 9.52 Å². The number of carbonyl (C=O) groups is 1. The number of aliphatic hydroxyl groups is 1. The zero-order valence-corrected chi connectivity index (χ0v) is 12.0. The molecule has 108 valence electrons. The molecule has 0 radical (unpaired) electrons. The van der Waals surface area contributed by atoms with Crippen molar-refractivity contribution in [2.75, 3.05) is 13.1 Å². The molecule has 0 saturated carbocycles. The number of aryl methyl sites for hydroxylation is 1. The molecule has 0 saturated heterocycles. The van der Waals surface area contributed by atoms with Crippen LogP contribution in [0.15, 0.2) is 10.5 Å². The molecule has 0 atom stereocenters. The second-order valence-corrected chi connectivity index (χ2v) is 5.28. The monoisotopic (exact) mass is 269 g/mol. The SMILES string of the molecule is CCN(Cc1cc(C(=O)NN)oc1C)CC(C)(C)O. The van der Waals surface area contributed by atoms with Gasteiger partial charge in [-0.15, -0.1) is 0 Å². The van der Waals surface area contributed by atoms with Crippen molar-refractivity contribution in [1.82, 2.24) is 10.3 Å². The van der Waals surface area contributed by atoms with Gasteiger partial charge in [0.15, 0.2) is 5.76 Å². The van der Waals surface area contributed by atoms with Crippen LogP contribution < -0.4 is 11.3 Å². The fraction of sp³-hybridized carbons (Fsp3) is 0.615. The molecule has 1 aromatic rings. The zero-order chi connectivity index (χ0) is 14.6. The lowest BCUT2D eigenvalue weighted by molar-refractivity contribution is 0.0352. The van der Waals surface area contributed by atoms with Crippen LogP contribution in [0.5, 0.6) is 0 Å². The van der Waals surface area contributed by atoms with Crippen molar-refractivity contribution in [2.24, 2.45) is 5.84 Å². The number of hydrazine groups is 1. The van der Waals surface area contributed by atoms with Crippen LogP contribution in [0.4, 0.5) is 0 Å². The number of amides is 1. The van der Waals surface area contributed by atoms with E-state index < -0.39 is 11.5 Å². The predicted molar refractivity (Wildman–Crippen MR) is 72.3 cm³/mol. The molecular formula is C13H23N3O3. The minimum atomic E-state index is -0.759. The molecule has 6 heteroatoms. The summed E-state index contributed by atoms with van der Waals surface area (Å²) in [4.78, 5) is 13.5. The second-order valence-electron chi connectivity index (χ2n) is 5.28. The molecule has 1 amide bonds. The number of nitrogens with two attached hydrogens (primary N) is 1. The maximum atomic E-state index is 11.4. The van der Waals surface area contributed by atoms with Gasteiger partial charge >= 0.3 is 5.91 Å². The Hall–Kier alpha value is -1.37. The average Bonchev–Trinajstić information content (AvgIpc) is 2.67. The first-order chi connectivity index (χ1) is 8.76. The van der Waals surface area contributed by atoms with E-state index in [1.807, 2.05) is 12.3 Å². The van der Waals surface area contributed by atoms with Gasteiger partial charge in [-0.05, 0) is 33.4 Å². The van der Waals surface area contributed by atoms with E-state index >= 15 is 0 Å². The van der Waals surface area contributed by atoms with Gasteiger partial charge in [-0.1, -0.05) is 6.92 Å². The molecule has 0 fully saturated rings. The Bertz CT molecular complexity index is 435. The van der Waals surface area contributed by atoms with Gasteiger partial charge in [-0.3, -0.25) is 15.1 Å². The predicted octanol–water partition coefficient (Wildman–Crippen LogP) is 0.784. The molecule has 19 heavy (non-hydrogen) atoms. The fourth-order valence-corrected chi connectivity index (χ4v) is 1.93. The third-order valence-corrected chi connectivity index (χ3v) is 2.83. The zero-order valence-electron chi connectivity index (χ0n) is 12.0. The van der Waals surface area contributed by atoms with Gasteiger partial charge in [0.2, 0.25) is 0 Å². The molecule has 0 aromatic carbocycles. The normalized spacial score (nSPS) is 11.9. The Kier molecular flexibility index (Phi) is 5.11. The first kappa shape index (κ1) is 15.7. The van der Waals surface area contributed by atoms with Gasteiger partial charge in [-0.2, -0.15) is 0 Å². The van der Waals surface area contributed by atoms with Crippen molar-refractivity contribution in [3.63, 3.8) is 0 Å². The number of nitrogens with one attached hydrogen (secondary N) is 1. The molecule has 4 N–H and O–H groups in total. The standard InChI is InChI=1S/C13H23N3O3/c1-5-16(8-13(3,4)18)7-10-6-11(12(17)15-14)19-9(10)2/h6,18H,5,7-8,14H2,1-4H3,(H,15,17). The van der Waals surface area contributed by atoms with Crippen molar-refractivity contribution in [2.45, 2.75) is 39.8 Å². The number of nitrogens with zero attached hydrogens (tertiary/aromatic N) is 1. The summed E-state index contributed by atoms with van der Waals surface area (Å²) in [6.07, 6.45) is 0. The summed E-state index contributed by atoms with van der Waals surface area (Å²) in [6.45, 7) is 9.33. The number of rotatable bonds is 6. The molecule has 1 rings (SSSR count). The third-order valence-electron chi connectivity index (χ3n) is 2.83. The van der Waals surface area contributed by atoms with Crippen molar-refractivity contribution in [3.05, 3.63) is 23.2 Å². The van der Waals surface area contributed by atoms with Crippen LogP contribution in [0, 0.1) is 6.92 Å². The molecule has 0 unspecified atom stereocenters. The topological polar surface area (TPSA) is 91.7 Å². The van der Waals surface area contributed by atoms with Crippen LogP contribution in [-0.4, -0.2) is 34.6 Å². The summed E-state index contributed by atoms with van der Waals surface area (Å²) < 4.78 is 5.36. The van der Waals surface area contributed by atoms with Crippen LogP contribution in [-0.2, 0) is 6.54 Å². The molecule has 0 aliphatic heterocycles. The Balaban J connectivity index is 2.80. The van der Waals surface area contributed by atoms with E-state index in [1.54, 1.807) is 26.8 Å². The Morgan fingerprint density at radius 1 is 1.58 bits per heavy atom. The molecule has 1 aromatic heterocycles. The number of hydrogen-bond acceptors (Lipinski definition) is 5. The Labute approximate surface area is 113 Å². The quantitative estimate of drug-likeness (QED) is 0.403. The van der Waals surface area contributed by atoms with Gasteiger partial charge in [0.05, 0.1) is 5.60 Å². The highest BCUT2D eigenvalue weighted by Crippen LogP contribution is 2.18. The van der Waals surface area contributed by atoms with Crippen molar-refractivity contribution >= 4 is 5.91 Å². The van der Waals surface area contributed by atoms with Gasteiger partial charge in [0.25, 0.3) is 0 Å². The van der Waals surface area contributed by atoms with E-state index in [1.165, 1.54) is 0 Å². The summed E-state index contributed by atoms with van der Waals surface area (Å²) >= 11 is 0. The highest BCUT2D eigenvalue weighted by atomic mass is 16.4. The van der Waals surface area contributed by atoms with Gasteiger partial charge in [0.1, 0.15) is 5.76 Å². The lowest BCUT2D eigenvalue weighted by Crippen LogP contribution is -2.38. The first-order valence-corrected chi connectivity index (χ1v) is 6.31. The van der Waals surface area contributed by atoms with Crippen molar-refractivity contribution < 1.29 is 14.3 Å². The van der Waals surface area contributed by atoms with Crippen molar-refractivity contribution in [3.8, 4) is 0 Å². The number of hydrogen-bond donors (Lipinski definition) is 3. The summed E-state index contributed by atoms with van der Waals surface area (Å²) in [6, 6.07) is 1.69. The van der Waals surface area contributed by atoms with Crippen LogP contribution in [0.3, 0.4) is 0 Å². The van der Waals surface area contributed by atoms with Gasteiger partial charge in [0, 0.05) is 18.7 Å². The lowest BCUT2D eigenvalue weighted by Gasteiger charge is -2.27. The maximum Gasteiger partial charge on any atom is 0.300 e. The van der Waals surface area contributed by atoms with E-state index in [2.05, 4.69) is 4.90 Å². The van der Waals surface area contributed by atoms with E-state index in [-0.39, 0.29) is 5.76 Å². The number of carbonyl (C=O) groups excluding carboxylic acids is 1. The Morgan fingerprint density at radius 2 is 2.21 bits per heavy atom. The number of likely N-dealkylation sites (N-methyl/N-ethyl adjacent to an activating group) is 1. The van der Waals surface area contributed by atoms with E-state index in [0.29, 0.717) is 18.8 Å². The minimum absolute atomic E-state index is 0.203. The number of furan rings is 1. The van der Waals surface area contributed by atoms with E-state index in [0.717, 1.165) is 12.1 Å².